The van der Waals surface area contributed by atoms with Crippen molar-refractivity contribution in [2.45, 2.75) is 58.8 Å². The number of rotatable bonds is 7. The van der Waals surface area contributed by atoms with Gasteiger partial charge in [-0.3, -0.25) is 9.59 Å². The number of anilines is 1. The first kappa shape index (κ1) is 19.9. The van der Waals surface area contributed by atoms with Crippen molar-refractivity contribution in [3.63, 3.8) is 0 Å². The lowest BCUT2D eigenvalue weighted by molar-refractivity contribution is -0.128. The number of nitrogens with zero attached hydrogens (tertiary/aromatic N) is 1. The lowest BCUT2D eigenvalue weighted by Crippen LogP contribution is -2.29. The fraction of sp³-hybridized carbons (Fsp3) is 0.650. The van der Waals surface area contributed by atoms with E-state index in [1.807, 2.05) is 0 Å². The number of carbonyl (C=O) groups excluding carboxylic acids is 3. The highest BCUT2D eigenvalue weighted by atomic mass is 32.1. The third-order valence-electron chi connectivity index (χ3n) is 5.25. The van der Waals surface area contributed by atoms with Gasteiger partial charge in [0.1, 0.15) is 5.00 Å². The Kier molecular flexibility index (Phi) is 6.52. The van der Waals surface area contributed by atoms with E-state index in [0.29, 0.717) is 30.3 Å². The lowest BCUT2D eigenvalue weighted by Gasteiger charge is -2.16. The zero-order chi connectivity index (χ0) is 19.4. The number of hydrogen-bond acceptors (Lipinski definition) is 5. The average molecular weight is 393 g/mol. The second kappa shape index (κ2) is 8.87. The Morgan fingerprint density at radius 3 is 2.78 bits per heavy atom. The number of fused-ring (bicyclic) bond motifs is 1. The van der Waals surface area contributed by atoms with Gasteiger partial charge in [0.25, 0.3) is 0 Å². The van der Waals surface area contributed by atoms with E-state index in [4.69, 9.17) is 4.74 Å². The third-order valence-corrected chi connectivity index (χ3v) is 6.46. The fourth-order valence-corrected chi connectivity index (χ4v) is 5.08. The minimum absolute atomic E-state index is 0.0414. The molecule has 2 heterocycles. The molecule has 0 radical (unpaired) electrons. The average Bonchev–Trinajstić information content (AvgIpc) is 3.20. The van der Waals surface area contributed by atoms with Crippen LogP contribution in [0, 0.1) is 5.92 Å². The van der Waals surface area contributed by atoms with Crippen molar-refractivity contribution in [2.75, 3.05) is 25.0 Å². The molecule has 0 unspecified atom stereocenters. The second-order valence-corrected chi connectivity index (χ2v) is 8.32. The quantitative estimate of drug-likeness (QED) is 0.722. The zero-order valence-corrected chi connectivity index (χ0v) is 17.0. The zero-order valence-electron chi connectivity index (χ0n) is 16.1. The van der Waals surface area contributed by atoms with Crippen LogP contribution in [0.1, 0.15) is 66.8 Å². The third kappa shape index (κ3) is 4.34. The van der Waals surface area contributed by atoms with Gasteiger partial charge in [0.15, 0.2) is 0 Å². The van der Waals surface area contributed by atoms with Gasteiger partial charge in [0, 0.05) is 24.4 Å². The molecule has 148 valence electrons. The molecule has 27 heavy (non-hydrogen) atoms. The minimum atomic E-state index is -0.362. The molecule has 3 rings (SSSR count). The molecule has 1 saturated heterocycles. The van der Waals surface area contributed by atoms with Gasteiger partial charge in [-0.05, 0) is 44.6 Å². The number of ether oxygens (including phenoxy) is 1. The summed E-state index contributed by atoms with van der Waals surface area (Å²) in [4.78, 5) is 40.4. The summed E-state index contributed by atoms with van der Waals surface area (Å²) in [5.74, 6) is -0.853. The fourth-order valence-electron chi connectivity index (χ4n) is 3.80. The number of likely N-dealkylation sites (tertiary alicyclic amines) is 1. The van der Waals surface area contributed by atoms with Crippen LogP contribution in [0.2, 0.25) is 0 Å². The molecule has 1 aromatic rings. The van der Waals surface area contributed by atoms with Crippen LogP contribution < -0.4 is 5.32 Å². The van der Waals surface area contributed by atoms with E-state index in [2.05, 4.69) is 12.2 Å². The molecule has 2 aliphatic rings. The maximum Gasteiger partial charge on any atom is 0.341 e. The number of nitrogens with one attached hydrogen (secondary N) is 1. The first-order valence-electron chi connectivity index (χ1n) is 9.95. The van der Waals surface area contributed by atoms with Gasteiger partial charge in [-0.2, -0.15) is 0 Å². The highest BCUT2D eigenvalue weighted by Crippen LogP contribution is 2.39. The van der Waals surface area contributed by atoms with E-state index in [0.717, 1.165) is 44.1 Å². The van der Waals surface area contributed by atoms with E-state index in [1.54, 1.807) is 11.8 Å². The Morgan fingerprint density at radius 1 is 1.26 bits per heavy atom. The molecule has 1 aliphatic carbocycles. The predicted octanol–water partition coefficient (Wildman–Crippen LogP) is 3.39. The molecule has 1 fully saturated rings. The van der Waals surface area contributed by atoms with Gasteiger partial charge in [-0.1, -0.05) is 13.3 Å². The monoisotopic (exact) mass is 392 g/mol. The Hall–Kier alpha value is -1.89. The van der Waals surface area contributed by atoms with Crippen molar-refractivity contribution >= 4 is 34.1 Å². The molecule has 1 N–H and O–H groups in total. The van der Waals surface area contributed by atoms with E-state index in [9.17, 15) is 14.4 Å². The topological polar surface area (TPSA) is 75.7 Å². The number of unbranched alkanes of at least 4 members (excludes halogenated alkanes) is 1. The van der Waals surface area contributed by atoms with Crippen LogP contribution in [-0.2, 0) is 27.2 Å². The Balaban J connectivity index is 1.75. The van der Waals surface area contributed by atoms with E-state index >= 15 is 0 Å². The van der Waals surface area contributed by atoms with E-state index in [1.165, 1.54) is 16.2 Å². The molecule has 0 aromatic carbocycles. The molecule has 7 heteroatoms. The number of aryl methyl sites for hydroxylation is 1. The van der Waals surface area contributed by atoms with E-state index < -0.39 is 0 Å². The van der Waals surface area contributed by atoms with Crippen LogP contribution in [0.5, 0.6) is 0 Å². The number of amides is 2. The summed E-state index contributed by atoms with van der Waals surface area (Å²) < 4.78 is 5.23. The van der Waals surface area contributed by atoms with Crippen molar-refractivity contribution in [3.05, 3.63) is 16.0 Å². The van der Waals surface area contributed by atoms with Gasteiger partial charge < -0.3 is 15.0 Å². The molecule has 0 spiro atoms. The standard InChI is InChI=1S/C20H28N2O4S/c1-3-5-10-22-12-13(11-16(22)23)18(24)21-19-17(20(25)26-4-2)14-8-6-7-9-15(14)27-19/h13H,3-12H2,1-2H3,(H,21,24)/t13-/m1/s1. The Morgan fingerprint density at radius 2 is 2.04 bits per heavy atom. The minimum Gasteiger partial charge on any atom is -0.462 e. The number of thiophene rings is 1. The molecule has 1 atom stereocenters. The molecule has 0 bridgehead atoms. The number of carbonyl (C=O) groups is 3. The normalized spacial score (nSPS) is 19.1. The first-order chi connectivity index (χ1) is 13.0. The van der Waals surface area contributed by atoms with Crippen LogP contribution in [0.15, 0.2) is 0 Å². The summed E-state index contributed by atoms with van der Waals surface area (Å²) in [6.07, 6.45) is 6.15. The van der Waals surface area contributed by atoms with E-state index in [-0.39, 0.29) is 30.1 Å². The summed E-state index contributed by atoms with van der Waals surface area (Å²) in [5, 5.41) is 3.53. The predicted molar refractivity (Wildman–Crippen MR) is 105 cm³/mol. The van der Waals surface area contributed by atoms with Crippen LogP contribution in [0.4, 0.5) is 5.00 Å². The summed E-state index contributed by atoms with van der Waals surface area (Å²) in [5.41, 5.74) is 1.56. The molecule has 0 saturated carbocycles. The van der Waals surface area contributed by atoms with Crippen molar-refractivity contribution in [1.82, 2.24) is 4.90 Å². The molecule has 1 aromatic heterocycles. The first-order valence-corrected chi connectivity index (χ1v) is 10.8. The van der Waals surface area contributed by atoms with Gasteiger partial charge in [-0.15, -0.1) is 11.3 Å². The van der Waals surface area contributed by atoms with Gasteiger partial charge in [0.05, 0.1) is 18.1 Å². The summed E-state index contributed by atoms with van der Waals surface area (Å²) in [6, 6.07) is 0. The van der Waals surface area contributed by atoms with Crippen molar-refractivity contribution in [3.8, 4) is 0 Å². The molecular formula is C20H28N2O4S. The van der Waals surface area contributed by atoms with Gasteiger partial charge >= 0.3 is 5.97 Å². The highest BCUT2D eigenvalue weighted by molar-refractivity contribution is 7.17. The van der Waals surface area contributed by atoms with Crippen molar-refractivity contribution in [2.24, 2.45) is 5.92 Å². The Bertz CT molecular complexity index is 728. The van der Waals surface area contributed by atoms with Crippen LogP contribution in [-0.4, -0.2) is 42.4 Å². The van der Waals surface area contributed by atoms with Crippen LogP contribution >= 0.6 is 11.3 Å². The van der Waals surface area contributed by atoms with Crippen LogP contribution in [0.25, 0.3) is 0 Å². The smallest absolute Gasteiger partial charge is 0.341 e. The maximum absolute atomic E-state index is 12.8. The number of esters is 1. The molecule has 2 amide bonds. The molecule has 6 nitrogen and oxygen atoms in total. The Labute approximate surface area is 164 Å². The summed E-state index contributed by atoms with van der Waals surface area (Å²) in [6.45, 7) is 5.34. The van der Waals surface area contributed by atoms with Crippen molar-refractivity contribution < 1.29 is 19.1 Å². The summed E-state index contributed by atoms with van der Waals surface area (Å²) in [7, 11) is 0. The van der Waals surface area contributed by atoms with Gasteiger partial charge in [0.2, 0.25) is 11.8 Å². The number of hydrogen-bond donors (Lipinski definition) is 1. The van der Waals surface area contributed by atoms with Crippen molar-refractivity contribution in [1.29, 1.82) is 0 Å². The SMILES string of the molecule is CCCCN1C[C@H](C(=O)Nc2sc3c(c2C(=O)OCC)CCCC3)CC1=O. The second-order valence-electron chi connectivity index (χ2n) is 7.22. The largest absolute Gasteiger partial charge is 0.462 e. The maximum atomic E-state index is 12.8. The molecular weight excluding hydrogens is 364 g/mol. The molecule has 1 aliphatic heterocycles. The summed E-state index contributed by atoms with van der Waals surface area (Å²) >= 11 is 1.49. The van der Waals surface area contributed by atoms with Gasteiger partial charge in [-0.25, -0.2) is 4.79 Å². The lowest BCUT2D eigenvalue weighted by atomic mass is 9.95. The van der Waals surface area contributed by atoms with Crippen LogP contribution in [0.3, 0.4) is 0 Å². The highest BCUT2D eigenvalue weighted by Gasteiger charge is 2.35.